The average molecular weight is 509 g/mol. The average Bonchev–Trinajstić information content (AvgIpc) is 2.68. The number of nitrogens with one attached hydrogen (secondary N) is 3. The van der Waals surface area contributed by atoms with Crippen molar-refractivity contribution in [3.63, 3.8) is 0 Å². The van der Waals surface area contributed by atoms with Gasteiger partial charge in [0.2, 0.25) is 0 Å². The molecule has 0 atom stereocenters. The van der Waals surface area contributed by atoms with E-state index in [2.05, 4.69) is 16.0 Å². The van der Waals surface area contributed by atoms with Crippen molar-refractivity contribution < 1.29 is 46.4 Å². The Hall–Kier alpha value is -2.90. The second-order valence-corrected chi connectivity index (χ2v) is 5.76. The van der Waals surface area contributed by atoms with E-state index in [0.717, 1.165) is 26.2 Å². The van der Waals surface area contributed by atoms with Crippen LogP contribution < -0.4 is 16.0 Å². The van der Waals surface area contributed by atoms with Crippen LogP contribution in [0.1, 0.15) is 11.1 Å². The van der Waals surface area contributed by atoms with Crippen molar-refractivity contribution in [1.82, 2.24) is 16.0 Å². The minimum Gasteiger partial charge on any atom is -0.328 e. The maximum atomic E-state index is 13.4. The molecule has 0 saturated carbocycles. The van der Waals surface area contributed by atoms with E-state index in [1.165, 1.54) is 12.1 Å². The predicted octanol–water partition coefficient (Wildman–Crippen LogP) is 1.74. The molecule has 0 fully saturated rings. The largest absolute Gasteiger partial charge is 0.328 e. The van der Waals surface area contributed by atoms with E-state index in [0.29, 0.717) is 24.2 Å². The van der Waals surface area contributed by atoms with Gasteiger partial charge in [-0.25, -0.2) is 8.78 Å². The van der Waals surface area contributed by atoms with Gasteiger partial charge in [-0.1, -0.05) is 36.4 Å². The van der Waals surface area contributed by atoms with Crippen LogP contribution in [-0.2, 0) is 30.2 Å². The Kier molecular flexibility index (Phi) is 19.6. The first-order valence-electron chi connectivity index (χ1n) is 8.99. The molecule has 2 aromatic rings. The Morgan fingerprint density at radius 1 is 0.688 bits per heavy atom. The van der Waals surface area contributed by atoms with Gasteiger partial charge in [-0.3, -0.25) is 0 Å². The summed E-state index contributed by atoms with van der Waals surface area (Å²) >= 11 is 0. The molecule has 0 bridgehead atoms. The van der Waals surface area contributed by atoms with Crippen LogP contribution in [-0.4, -0.2) is 46.8 Å². The van der Waals surface area contributed by atoms with Gasteiger partial charge in [0.15, 0.2) is 0 Å². The third-order valence-electron chi connectivity index (χ3n) is 3.50. The minimum absolute atomic E-state index is 0. The maximum Gasteiger partial charge on any atom is 0.291 e. The van der Waals surface area contributed by atoms with Gasteiger partial charge in [-0.05, 0) is 12.1 Å². The zero-order valence-electron chi connectivity index (χ0n) is 16.8. The summed E-state index contributed by atoms with van der Waals surface area (Å²) in [4.78, 5) is 16.7. The summed E-state index contributed by atoms with van der Waals surface area (Å²) in [5.74, 6) is -0.351. The van der Waals surface area contributed by atoms with Crippen LogP contribution in [0, 0.1) is 31.9 Å². The summed E-state index contributed by atoms with van der Waals surface area (Å²) in [6.07, 6.45) is 0. The molecule has 0 heterocycles. The van der Waals surface area contributed by atoms with Crippen LogP contribution in [0.25, 0.3) is 0 Å². The van der Waals surface area contributed by atoms with Crippen molar-refractivity contribution in [3.05, 3.63) is 91.5 Å². The van der Waals surface area contributed by atoms with E-state index >= 15 is 0 Å². The van der Waals surface area contributed by atoms with E-state index in [1.807, 2.05) is 12.1 Å². The van der Waals surface area contributed by atoms with E-state index in [9.17, 15) is 8.78 Å². The zero-order valence-corrected chi connectivity index (χ0v) is 17.8. The van der Waals surface area contributed by atoms with Gasteiger partial charge in [0.05, 0.1) is 0 Å². The van der Waals surface area contributed by atoms with Crippen molar-refractivity contribution >= 4 is 0 Å². The molecule has 11 nitrogen and oxygen atoms in total. The normalized spacial score (nSPS) is 9.31. The molecule has 0 amide bonds. The first kappa shape index (κ1) is 31.3. The fourth-order valence-electron chi connectivity index (χ4n) is 2.21. The number of halogens is 2. The number of nitrogens with zero attached hydrogens (tertiary/aromatic N) is 2. The van der Waals surface area contributed by atoms with Crippen molar-refractivity contribution in [1.29, 1.82) is 0 Å². The van der Waals surface area contributed by atoms with Crippen molar-refractivity contribution in [2.24, 2.45) is 0 Å². The van der Waals surface area contributed by atoms with Crippen LogP contribution in [0.5, 0.6) is 0 Å². The Balaban J connectivity index is 0. The van der Waals surface area contributed by atoms with Crippen molar-refractivity contribution in [2.45, 2.75) is 13.1 Å². The first-order chi connectivity index (χ1) is 14.7. The molecule has 0 aromatic heterocycles. The van der Waals surface area contributed by atoms with Gasteiger partial charge < -0.3 is 26.4 Å². The van der Waals surface area contributed by atoms with Gasteiger partial charge >= 0.3 is 0 Å². The molecule has 2 aromatic carbocycles. The summed E-state index contributed by atoms with van der Waals surface area (Å²) in [6.45, 7) is 4.19. The second-order valence-electron chi connectivity index (χ2n) is 5.76. The molecule has 2 rings (SSSR count). The smallest absolute Gasteiger partial charge is 0.291 e. The quantitative estimate of drug-likeness (QED) is 0.139. The SMILES string of the molecule is Fc1ccccc1CNCCNCCNCc1ccccc1F.O=[N+]([O-])O.O=[N+]([O-])O.[Cu]. The maximum absolute atomic E-state index is 13.4. The van der Waals surface area contributed by atoms with Crippen molar-refractivity contribution in [2.75, 3.05) is 26.2 Å². The Morgan fingerprint density at radius 2 is 0.969 bits per heavy atom. The molecule has 0 aliphatic carbocycles. The topological polar surface area (TPSA) is 163 Å². The number of rotatable bonds is 10. The molecule has 5 N–H and O–H groups in total. The molecule has 0 saturated heterocycles. The van der Waals surface area contributed by atoms with Gasteiger partial charge in [0.1, 0.15) is 11.6 Å². The standard InChI is InChI=1S/C18H23F2N3.Cu.2HNO3/c19-17-7-3-1-5-15(17)13-22-11-9-21-10-12-23-14-16-6-2-4-8-18(16)20;;2*2-1(3)4/h1-8,21-23H,9-14H2;;2*(H,2,3,4). The zero-order chi connectivity index (χ0) is 23.5. The summed E-state index contributed by atoms with van der Waals surface area (Å²) in [6, 6.07) is 13.5. The van der Waals surface area contributed by atoms with E-state index in [-0.39, 0.29) is 28.7 Å². The second kappa shape index (κ2) is 20.0. The minimum atomic E-state index is -1.50. The number of benzene rings is 2. The third kappa shape index (κ3) is 19.1. The van der Waals surface area contributed by atoms with Gasteiger partial charge in [0.25, 0.3) is 10.2 Å². The molecule has 1 radical (unpaired) electrons. The molecule has 0 unspecified atom stereocenters. The van der Waals surface area contributed by atoms with E-state index in [1.54, 1.807) is 24.3 Å². The van der Waals surface area contributed by atoms with Crippen molar-refractivity contribution in [3.8, 4) is 0 Å². The molecule has 0 aliphatic heterocycles. The van der Waals surface area contributed by atoms with Crippen LogP contribution in [0.4, 0.5) is 8.78 Å². The molecule has 0 spiro atoms. The molecule has 14 heteroatoms. The monoisotopic (exact) mass is 508 g/mol. The number of hydrogen-bond donors (Lipinski definition) is 5. The molecule has 0 aliphatic rings. The van der Waals surface area contributed by atoms with E-state index in [4.69, 9.17) is 30.6 Å². The first-order valence-corrected chi connectivity index (χ1v) is 8.99. The van der Waals surface area contributed by atoms with E-state index < -0.39 is 10.2 Å². The summed E-state index contributed by atoms with van der Waals surface area (Å²) < 4.78 is 26.8. The number of hydrogen-bond acceptors (Lipinski definition) is 7. The molecular weight excluding hydrogens is 484 g/mol. The van der Waals surface area contributed by atoms with Gasteiger partial charge in [0, 0.05) is 67.5 Å². The Bertz CT molecular complexity index is 720. The summed E-state index contributed by atoms with van der Waals surface area (Å²) in [5, 5.41) is 36.9. The third-order valence-corrected chi connectivity index (χ3v) is 3.50. The summed E-state index contributed by atoms with van der Waals surface area (Å²) in [7, 11) is 0. The van der Waals surface area contributed by atoms with Crippen LogP contribution in [0.15, 0.2) is 48.5 Å². The molecular formula is C18H25CuF2N5O6. The molecule has 32 heavy (non-hydrogen) atoms. The Morgan fingerprint density at radius 3 is 1.28 bits per heavy atom. The van der Waals surface area contributed by atoms with Crippen LogP contribution in [0.2, 0.25) is 0 Å². The fraction of sp³-hybridized carbons (Fsp3) is 0.333. The molecule has 183 valence electrons. The Labute approximate surface area is 193 Å². The summed E-state index contributed by atoms with van der Waals surface area (Å²) in [5.41, 5.74) is 1.36. The van der Waals surface area contributed by atoms with Gasteiger partial charge in [-0.15, -0.1) is 20.2 Å². The van der Waals surface area contributed by atoms with Crippen LogP contribution >= 0.6 is 0 Å². The predicted molar refractivity (Wildman–Crippen MR) is 107 cm³/mol. The van der Waals surface area contributed by atoms with Crippen LogP contribution in [0.3, 0.4) is 0 Å². The fourth-order valence-corrected chi connectivity index (χ4v) is 2.21. The van der Waals surface area contributed by atoms with Gasteiger partial charge in [-0.2, -0.15) is 0 Å².